The van der Waals surface area contributed by atoms with E-state index in [4.69, 9.17) is 16.3 Å². The lowest BCUT2D eigenvalue weighted by molar-refractivity contribution is 0.0907. The van der Waals surface area contributed by atoms with Gasteiger partial charge in [0.25, 0.3) is 0 Å². The molecule has 1 N–H and O–H groups in total. The largest absolute Gasteiger partial charge is 0.380 e. The van der Waals surface area contributed by atoms with Crippen LogP contribution in [-0.2, 0) is 11.3 Å². The van der Waals surface area contributed by atoms with Gasteiger partial charge in [-0.25, -0.2) is 0 Å². The van der Waals surface area contributed by atoms with E-state index < -0.39 is 6.10 Å². The molecule has 1 unspecified atom stereocenters. The fraction of sp³-hybridized carbons (Fsp3) is 0.333. The van der Waals surface area contributed by atoms with Gasteiger partial charge in [-0.05, 0) is 5.56 Å². The van der Waals surface area contributed by atoms with Crippen LogP contribution in [0.25, 0.3) is 0 Å². The molecule has 0 aliphatic carbocycles. The third-order valence-corrected chi connectivity index (χ3v) is 1.84. The Bertz CT molecular complexity index is 287. The Morgan fingerprint density at radius 3 is 2.71 bits per heavy atom. The minimum Gasteiger partial charge on any atom is -0.380 e. The van der Waals surface area contributed by atoms with E-state index in [2.05, 4.69) is 5.92 Å². The summed E-state index contributed by atoms with van der Waals surface area (Å²) in [6.07, 6.45) is 4.81. The maximum absolute atomic E-state index is 9.04. The van der Waals surface area contributed by atoms with Crippen molar-refractivity contribution >= 4 is 0 Å². The summed E-state index contributed by atoms with van der Waals surface area (Å²) in [6.45, 7) is 1.05. The van der Waals surface area contributed by atoms with Gasteiger partial charge in [-0.2, -0.15) is 0 Å². The van der Waals surface area contributed by atoms with E-state index in [1.165, 1.54) is 0 Å². The van der Waals surface area contributed by atoms with Crippen LogP contribution in [0.3, 0.4) is 0 Å². The molecule has 0 fully saturated rings. The molecule has 0 spiro atoms. The fourth-order valence-corrected chi connectivity index (χ4v) is 1.04. The highest BCUT2D eigenvalue weighted by Gasteiger charge is 1.98. The van der Waals surface area contributed by atoms with Crippen molar-refractivity contribution in [2.75, 3.05) is 6.61 Å². The zero-order valence-electron chi connectivity index (χ0n) is 8.02. The Kier molecular flexibility index (Phi) is 4.77. The molecule has 0 saturated carbocycles. The lowest BCUT2D eigenvalue weighted by Gasteiger charge is -2.05. The van der Waals surface area contributed by atoms with E-state index in [9.17, 15) is 0 Å². The van der Waals surface area contributed by atoms with E-state index in [-0.39, 0.29) is 0 Å². The molecule has 1 aromatic carbocycles. The molecule has 0 saturated heterocycles. The summed E-state index contributed by atoms with van der Waals surface area (Å²) in [5, 5.41) is 9.04. The van der Waals surface area contributed by atoms with Gasteiger partial charge in [0.1, 0.15) is 6.10 Å². The summed E-state index contributed by atoms with van der Waals surface area (Å²) >= 11 is 0. The van der Waals surface area contributed by atoms with Crippen molar-refractivity contribution in [3.63, 3.8) is 0 Å². The number of benzene rings is 1. The van der Waals surface area contributed by atoms with Crippen LogP contribution in [0.15, 0.2) is 30.3 Å². The van der Waals surface area contributed by atoms with Crippen molar-refractivity contribution in [1.29, 1.82) is 0 Å². The second-order valence-electron chi connectivity index (χ2n) is 3.01. The number of rotatable bonds is 5. The molecule has 0 aliphatic heterocycles. The van der Waals surface area contributed by atoms with E-state index in [0.29, 0.717) is 19.6 Å². The van der Waals surface area contributed by atoms with Gasteiger partial charge in [0.2, 0.25) is 0 Å². The first-order valence-electron chi connectivity index (χ1n) is 4.59. The molecule has 0 heterocycles. The minimum atomic E-state index is -0.689. The summed E-state index contributed by atoms with van der Waals surface area (Å²) in [5.74, 6) is 2.24. The van der Waals surface area contributed by atoms with Crippen molar-refractivity contribution in [1.82, 2.24) is 0 Å². The predicted molar refractivity (Wildman–Crippen MR) is 55.6 cm³/mol. The normalized spacial score (nSPS) is 12.0. The smallest absolute Gasteiger partial charge is 0.116 e. The molecule has 0 aromatic heterocycles. The summed E-state index contributed by atoms with van der Waals surface area (Å²) in [6, 6.07) is 9.89. The van der Waals surface area contributed by atoms with Gasteiger partial charge in [0, 0.05) is 6.42 Å². The predicted octanol–water partition coefficient (Wildman–Crippen LogP) is 1.59. The molecule has 1 aromatic rings. The fourth-order valence-electron chi connectivity index (χ4n) is 1.04. The first-order chi connectivity index (χ1) is 6.83. The quantitative estimate of drug-likeness (QED) is 0.564. The van der Waals surface area contributed by atoms with Crippen molar-refractivity contribution in [2.24, 2.45) is 0 Å². The molecule has 2 heteroatoms. The first-order valence-corrected chi connectivity index (χ1v) is 4.59. The molecule has 0 radical (unpaired) electrons. The van der Waals surface area contributed by atoms with Gasteiger partial charge in [-0.3, -0.25) is 0 Å². The number of ether oxygens (including phenoxy) is 1. The van der Waals surface area contributed by atoms with Gasteiger partial charge >= 0.3 is 0 Å². The summed E-state index contributed by atoms with van der Waals surface area (Å²) in [5.41, 5.74) is 1.13. The molecule has 14 heavy (non-hydrogen) atoms. The number of aliphatic hydroxyl groups is 1. The second kappa shape index (κ2) is 6.20. The molecule has 1 rings (SSSR count). The second-order valence-corrected chi connectivity index (χ2v) is 3.01. The molecule has 2 nitrogen and oxygen atoms in total. The Labute approximate surface area is 84.5 Å². The van der Waals surface area contributed by atoms with Gasteiger partial charge in [-0.15, -0.1) is 6.42 Å². The van der Waals surface area contributed by atoms with Crippen LogP contribution in [0.5, 0.6) is 0 Å². The highest BCUT2D eigenvalue weighted by Crippen LogP contribution is 2.01. The van der Waals surface area contributed by atoms with E-state index in [0.717, 1.165) is 5.56 Å². The SMILES string of the molecule is C#CC(O)CCOCc1ccccc1. The van der Waals surface area contributed by atoms with Gasteiger partial charge in [-0.1, -0.05) is 36.3 Å². The Hall–Kier alpha value is -1.30. The van der Waals surface area contributed by atoms with Gasteiger partial charge < -0.3 is 9.84 Å². The molecule has 1 atom stereocenters. The first kappa shape index (κ1) is 10.8. The zero-order valence-corrected chi connectivity index (χ0v) is 8.02. The van der Waals surface area contributed by atoms with Crippen LogP contribution in [0.1, 0.15) is 12.0 Å². The van der Waals surface area contributed by atoms with Crippen molar-refractivity contribution in [2.45, 2.75) is 19.1 Å². The summed E-state index contributed by atoms with van der Waals surface area (Å²) in [4.78, 5) is 0. The van der Waals surface area contributed by atoms with Crippen LogP contribution < -0.4 is 0 Å². The number of hydrogen-bond donors (Lipinski definition) is 1. The lowest BCUT2D eigenvalue weighted by Crippen LogP contribution is -2.07. The third kappa shape index (κ3) is 4.08. The Morgan fingerprint density at radius 1 is 1.36 bits per heavy atom. The van der Waals surface area contributed by atoms with Crippen LogP contribution in [0.2, 0.25) is 0 Å². The standard InChI is InChI=1S/C12H14O2/c1-2-12(13)8-9-14-10-11-6-4-3-5-7-11/h1,3-7,12-13H,8-10H2. The minimum absolute atomic E-state index is 0.486. The molecular formula is C12H14O2. The summed E-state index contributed by atoms with van der Waals surface area (Å²) in [7, 11) is 0. The zero-order chi connectivity index (χ0) is 10.2. The van der Waals surface area contributed by atoms with Crippen molar-refractivity contribution in [3.05, 3.63) is 35.9 Å². The monoisotopic (exact) mass is 190 g/mol. The average molecular weight is 190 g/mol. The van der Waals surface area contributed by atoms with E-state index in [1.54, 1.807) is 0 Å². The average Bonchev–Trinajstić information content (AvgIpc) is 2.25. The van der Waals surface area contributed by atoms with Crippen LogP contribution in [0, 0.1) is 12.3 Å². The Balaban J connectivity index is 2.14. The highest BCUT2D eigenvalue weighted by atomic mass is 16.5. The highest BCUT2D eigenvalue weighted by molar-refractivity contribution is 5.13. The number of aliphatic hydroxyl groups excluding tert-OH is 1. The van der Waals surface area contributed by atoms with E-state index >= 15 is 0 Å². The number of terminal acetylenes is 1. The maximum atomic E-state index is 9.04. The topological polar surface area (TPSA) is 29.5 Å². The van der Waals surface area contributed by atoms with Crippen LogP contribution in [0.4, 0.5) is 0 Å². The third-order valence-electron chi connectivity index (χ3n) is 1.84. The lowest BCUT2D eigenvalue weighted by atomic mass is 10.2. The van der Waals surface area contributed by atoms with Gasteiger partial charge in [0.05, 0.1) is 13.2 Å². The maximum Gasteiger partial charge on any atom is 0.116 e. The molecular weight excluding hydrogens is 176 g/mol. The summed E-state index contributed by atoms with van der Waals surface area (Å²) < 4.78 is 5.34. The van der Waals surface area contributed by atoms with Gasteiger partial charge in [0.15, 0.2) is 0 Å². The van der Waals surface area contributed by atoms with Crippen molar-refractivity contribution in [3.8, 4) is 12.3 Å². The van der Waals surface area contributed by atoms with Crippen molar-refractivity contribution < 1.29 is 9.84 Å². The van der Waals surface area contributed by atoms with Crippen LogP contribution >= 0.6 is 0 Å². The number of hydrogen-bond acceptors (Lipinski definition) is 2. The molecule has 0 amide bonds. The molecule has 0 bridgehead atoms. The van der Waals surface area contributed by atoms with Crippen LogP contribution in [-0.4, -0.2) is 17.8 Å². The molecule has 0 aliphatic rings. The molecule has 74 valence electrons. The Morgan fingerprint density at radius 2 is 2.07 bits per heavy atom. The van der Waals surface area contributed by atoms with E-state index in [1.807, 2.05) is 30.3 Å².